The smallest absolute Gasteiger partial charge is 0.256 e. The SMILES string of the molecule is C=CC(O)N[C@H]1CC[C@H](n2nc(-c3ccc(C(=O)Nc4cc(C)ccn4)cc3)c3c(N)ncnc32)CC1. The van der Waals surface area contributed by atoms with E-state index in [1.807, 2.05) is 35.9 Å². The van der Waals surface area contributed by atoms with Gasteiger partial charge >= 0.3 is 0 Å². The van der Waals surface area contributed by atoms with Gasteiger partial charge in [-0.3, -0.25) is 10.1 Å². The van der Waals surface area contributed by atoms with E-state index in [0.29, 0.717) is 33.9 Å². The van der Waals surface area contributed by atoms with Crippen LogP contribution >= 0.6 is 0 Å². The minimum Gasteiger partial charge on any atom is -0.383 e. The maximum atomic E-state index is 12.7. The molecule has 190 valence electrons. The number of carbonyl (C=O) groups is 1. The van der Waals surface area contributed by atoms with Crippen LogP contribution in [-0.4, -0.2) is 48.0 Å². The lowest BCUT2D eigenvalue weighted by atomic mass is 9.91. The molecule has 1 amide bonds. The Labute approximate surface area is 214 Å². The highest BCUT2D eigenvalue weighted by atomic mass is 16.3. The van der Waals surface area contributed by atoms with Gasteiger partial charge in [0, 0.05) is 23.4 Å². The lowest BCUT2D eigenvalue weighted by Crippen LogP contribution is -2.39. The third kappa shape index (κ3) is 5.20. The number of nitrogens with zero attached hydrogens (tertiary/aromatic N) is 5. The molecule has 0 aliphatic heterocycles. The Morgan fingerprint density at radius 2 is 1.92 bits per heavy atom. The van der Waals surface area contributed by atoms with E-state index in [4.69, 9.17) is 10.8 Å². The van der Waals surface area contributed by atoms with Crippen molar-refractivity contribution < 1.29 is 9.90 Å². The average Bonchev–Trinajstić information content (AvgIpc) is 3.30. The maximum Gasteiger partial charge on any atom is 0.256 e. The van der Waals surface area contributed by atoms with Gasteiger partial charge in [-0.2, -0.15) is 5.10 Å². The van der Waals surface area contributed by atoms with Gasteiger partial charge in [0.15, 0.2) is 5.65 Å². The van der Waals surface area contributed by atoms with Crippen molar-refractivity contribution in [3.63, 3.8) is 0 Å². The summed E-state index contributed by atoms with van der Waals surface area (Å²) in [6.45, 7) is 5.57. The molecule has 1 atom stereocenters. The van der Waals surface area contributed by atoms with Crippen molar-refractivity contribution in [2.75, 3.05) is 11.1 Å². The number of fused-ring (bicyclic) bond motifs is 1. The minimum atomic E-state index is -0.704. The zero-order valence-electron chi connectivity index (χ0n) is 20.6. The number of benzene rings is 1. The van der Waals surface area contributed by atoms with Crippen LogP contribution in [0, 0.1) is 6.92 Å². The molecule has 5 N–H and O–H groups in total. The van der Waals surface area contributed by atoms with E-state index in [-0.39, 0.29) is 18.0 Å². The van der Waals surface area contributed by atoms with E-state index in [1.54, 1.807) is 18.3 Å². The number of aryl methyl sites for hydroxylation is 1. The lowest BCUT2D eigenvalue weighted by molar-refractivity contribution is 0.102. The van der Waals surface area contributed by atoms with Crippen molar-refractivity contribution in [2.24, 2.45) is 0 Å². The molecule has 1 aliphatic rings. The highest BCUT2D eigenvalue weighted by Crippen LogP contribution is 2.36. The van der Waals surface area contributed by atoms with Crippen LogP contribution in [0.5, 0.6) is 0 Å². The molecule has 1 aliphatic carbocycles. The maximum absolute atomic E-state index is 12.7. The summed E-state index contributed by atoms with van der Waals surface area (Å²) in [5, 5.41) is 21.5. The molecule has 4 aromatic rings. The average molecular weight is 499 g/mol. The molecule has 10 heteroatoms. The number of aliphatic hydroxyl groups excluding tert-OH is 1. The topological polar surface area (TPSA) is 144 Å². The Bertz CT molecular complexity index is 1420. The number of amides is 1. The number of hydrogen-bond acceptors (Lipinski definition) is 8. The van der Waals surface area contributed by atoms with Gasteiger partial charge in [0.2, 0.25) is 0 Å². The standard InChI is InChI=1S/C27H30N8O2/c1-3-22(36)32-19-8-10-20(11-9-19)35-26-23(25(28)30-15-31-26)24(34-35)17-4-6-18(7-5-17)27(37)33-21-14-16(2)12-13-29-21/h3-7,12-15,19-20,22,32,36H,1,8-11H2,2H3,(H2,28,30,31)(H,29,33,37)/t19-,20-,22?. The molecule has 37 heavy (non-hydrogen) atoms. The Hall–Kier alpha value is -4.15. The number of anilines is 2. The van der Waals surface area contributed by atoms with E-state index >= 15 is 0 Å². The number of aliphatic hydroxyl groups is 1. The minimum absolute atomic E-state index is 0.149. The first kappa shape index (κ1) is 24.5. The molecule has 0 spiro atoms. The van der Waals surface area contributed by atoms with Crippen molar-refractivity contribution in [1.29, 1.82) is 0 Å². The summed E-state index contributed by atoms with van der Waals surface area (Å²) in [6, 6.07) is 11.3. The molecule has 1 saturated carbocycles. The Balaban J connectivity index is 1.39. The molecule has 1 aromatic carbocycles. The van der Waals surface area contributed by atoms with Gasteiger partial charge in [-0.25, -0.2) is 19.6 Å². The van der Waals surface area contributed by atoms with E-state index in [9.17, 15) is 9.90 Å². The van der Waals surface area contributed by atoms with Crippen LogP contribution in [0.2, 0.25) is 0 Å². The molecule has 0 radical (unpaired) electrons. The molecule has 0 bridgehead atoms. The van der Waals surface area contributed by atoms with E-state index in [2.05, 4.69) is 32.2 Å². The first-order valence-corrected chi connectivity index (χ1v) is 12.3. The van der Waals surface area contributed by atoms with Gasteiger partial charge in [0.25, 0.3) is 5.91 Å². The summed E-state index contributed by atoms with van der Waals surface area (Å²) < 4.78 is 1.95. The number of rotatable bonds is 7. The number of nitrogens with two attached hydrogens (primary N) is 1. The van der Waals surface area contributed by atoms with Gasteiger partial charge in [-0.05, 0) is 68.5 Å². The molecule has 3 aromatic heterocycles. The quantitative estimate of drug-likeness (QED) is 0.223. The Kier molecular flexibility index (Phi) is 6.93. The second-order valence-corrected chi connectivity index (χ2v) is 9.35. The second kappa shape index (κ2) is 10.5. The number of hydrogen-bond donors (Lipinski definition) is 4. The van der Waals surface area contributed by atoms with Crippen LogP contribution < -0.4 is 16.4 Å². The number of nitrogen functional groups attached to an aromatic ring is 1. The monoisotopic (exact) mass is 498 g/mol. The fourth-order valence-corrected chi connectivity index (χ4v) is 4.82. The number of aromatic nitrogens is 5. The van der Waals surface area contributed by atoms with E-state index in [1.165, 1.54) is 12.4 Å². The van der Waals surface area contributed by atoms with Gasteiger partial charge < -0.3 is 16.2 Å². The van der Waals surface area contributed by atoms with Crippen molar-refractivity contribution in [2.45, 2.75) is 50.9 Å². The summed E-state index contributed by atoms with van der Waals surface area (Å²) in [5.41, 5.74) is 10.0. The van der Waals surface area contributed by atoms with Crippen molar-refractivity contribution in [1.82, 2.24) is 30.0 Å². The largest absolute Gasteiger partial charge is 0.383 e. The van der Waals surface area contributed by atoms with E-state index < -0.39 is 6.23 Å². The molecule has 0 saturated heterocycles. The van der Waals surface area contributed by atoms with Gasteiger partial charge in [0.05, 0.1) is 11.4 Å². The molecule has 3 heterocycles. The fraction of sp³-hybridized carbons (Fsp3) is 0.296. The fourth-order valence-electron chi connectivity index (χ4n) is 4.82. The third-order valence-corrected chi connectivity index (χ3v) is 6.77. The Morgan fingerprint density at radius 3 is 2.62 bits per heavy atom. The normalized spacial score (nSPS) is 18.4. The summed E-state index contributed by atoms with van der Waals surface area (Å²) in [4.78, 5) is 25.6. The molecule has 5 rings (SSSR count). The molecule has 1 fully saturated rings. The summed E-state index contributed by atoms with van der Waals surface area (Å²) >= 11 is 0. The summed E-state index contributed by atoms with van der Waals surface area (Å²) in [7, 11) is 0. The van der Waals surface area contributed by atoms with E-state index in [0.717, 1.165) is 36.8 Å². The second-order valence-electron chi connectivity index (χ2n) is 9.35. The van der Waals surface area contributed by atoms with Crippen molar-refractivity contribution in [3.8, 4) is 11.3 Å². The molecule has 10 nitrogen and oxygen atoms in total. The summed E-state index contributed by atoms with van der Waals surface area (Å²) in [5.74, 6) is 0.630. The van der Waals surface area contributed by atoms with Crippen molar-refractivity contribution in [3.05, 3.63) is 72.7 Å². The number of nitrogens with one attached hydrogen (secondary N) is 2. The van der Waals surface area contributed by atoms with Gasteiger partial charge in [-0.15, -0.1) is 0 Å². The highest BCUT2D eigenvalue weighted by Gasteiger charge is 2.27. The number of pyridine rings is 1. The molecular weight excluding hydrogens is 468 g/mol. The Morgan fingerprint density at radius 1 is 1.16 bits per heavy atom. The molecule has 1 unspecified atom stereocenters. The number of carbonyl (C=O) groups excluding carboxylic acids is 1. The lowest BCUT2D eigenvalue weighted by Gasteiger charge is -2.30. The van der Waals surface area contributed by atoms with Crippen molar-refractivity contribution >= 4 is 28.6 Å². The highest BCUT2D eigenvalue weighted by molar-refractivity contribution is 6.04. The van der Waals surface area contributed by atoms with Crippen LogP contribution in [0.3, 0.4) is 0 Å². The van der Waals surface area contributed by atoms with Crippen LogP contribution in [0.4, 0.5) is 11.6 Å². The van der Waals surface area contributed by atoms with Gasteiger partial charge in [0.1, 0.15) is 29.9 Å². The molecular formula is C27H30N8O2. The third-order valence-electron chi connectivity index (χ3n) is 6.77. The summed E-state index contributed by atoms with van der Waals surface area (Å²) in [6.07, 6.45) is 7.47. The first-order chi connectivity index (χ1) is 17.9. The van der Waals surface area contributed by atoms with Crippen LogP contribution in [0.15, 0.2) is 61.6 Å². The predicted molar refractivity (Wildman–Crippen MR) is 143 cm³/mol. The van der Waals surface area contributed by atoms with Crippen LogP contribution in [0.1, 0.15) is 47.6 Å². The zero-order valence-corrected chi connectivity index (χ0v) is 20.6. The van der Waals surface area contributed by atoms with Crippen LogP contribution in [0.25, 0.3) is 22.3 Å². The van der Waals surface area contributed by atoms with Crippen LogP contribution in [-0.2, 0) is 0 Å². The first-order valence-electron chi connectivity index (χ1n) is 12.3. The van der Waals surface area contributed by atoms with Gasteiger partial charge in [-0.1, -0.05) is 18.7 Å². The zero-order chi connectivity index (χ0) is 25.9. The predicted octanol–water partition coefficient (Wildman–Crippen LogP) is 3.61.